The monoisotopic (exact) mass is 460 g/mol. The van der Waals surface area contributed by atoms with E-state index >= 15 is 0 Å². The Morgan fingerprint density at radius 2 is 2.00 bits per heavy atom. The van der Waals surface area contributed by atoms with Gasteiger partial charge in [0.15, 0.2) is 5.82 Å². The number of nitrogens with one attached hydrogen (secondary N) is 1. The number of nitrogens with zero attached hydrogens (tertiary/aromatic N) is 1. The first-order valence-corrected chi connectivity index (χ1v) is 9.85. The zero-order valence-electron chi connectivity index (χ0n) is 16.8. The maximum absolute atomic E-state index is 14.6. The molecular weight excluding hydrogens is 443 g/mol. The lowest BCUT2D eigenvalue weighted by atomic mass is 9.82. The van der Waals surface area contributed by atoms with E-state index in [0.717, 1.165) is 18.2 Å². The first kappa shape index (κ1) is 23.0. The molecule has 0 fully saturated rings. The summed E-state index contributed by atoms with van der Waals surface area (Å²) in [6, 6.07) is 8.08. The number of carboxylic acid groups (broad SMARTS) is 2. The van der Waals surface area contributed by atoms with Gasteiger partial charge in [-0.1, -0.05) is 30.7 Å². The van der Waals surface area contributed by atoms with Crippen LogP contribution in [-0.2, 0) is 19.9 Å². The van der Waals surface area contributed by atoms with E-state index < -0.39 is 29.4 Å². The average molecular weight is 461 g/mol. The molecule has 1 heterocycles. The second kappa shape index (κ2) is 9.19. The summed E-state index contributed by atoms with van der Waals surface area (Å²) in [7, 11) is 0. The first-order chi connectivity index (χ1) is 15.2. The largest absolute Gasteiger partial charge is 0.479 e. The van der Waals surface area contributed by atoms with E-state index in [-0.39, 0.29) is 39.0 Å². The molecule has 0 radical (unpaired) electrons. The van der Waals surface area contributed by atoms with E-state index in [1.165, 1.54) is 30.3 Å². The molecule has 1 unspecified atom stereocenters. The van der Waals surface area contributed by atoms with Crippen molar-refractivity contribution in [3.05, 3.63) is 75.5 Å². The number of fused-ring (bicyclic) bond motifs is 1. The Labute approximate surface area is 186 Å². The molecule has 10 heteroatoms. The van der Waals surface area contributed by atoms with E-state index in [1.807, 2.05) is 6.92 Å². The summed E-state index contributed by atoms with van der Waals surface area (Å²) in [6.07, 6.45) is 1.68. The lowest BCUT2D eigenvalue weighted by Gasteiger charge is -2.25. The number of carboxylic acids is 2. The Hall–Kier alpha value is -3.72. The van der Waals surface area contributed by atoms with Crippen LogP contribution < -0.4 is 15.9 Å². The van der Waals surface area contributed by atoms with Crippen LogP contribution in [0.5, 0.6) is 0 Å². The second-order valence-corrected chi connectivity index (χ2v) is 7.27. The van der Waals surface area contributed by atoms with Crippen molar-refractivity contribution in [1.29, 1.82) is 0 Å². The number of ether oxygens (including phenoxy) is 1. The third kappa shape index (κ3) is 4.33. The van der Waals surface area contributed by atoms with Gasteiger partial charge in [0.05, 0.1) is 6.61 Å². The highest BCUT2D eigenvalue weighted by Gasteiger charge is 2.46. The second-order valence-electron chi connectivity index (χ2n) is 6.84. The van der Waals surface area contributed by atoms with Crippen LogP contribution in [0.25, 0.3) is 5.57 Å². The average Bonchev–Trinajstić information content (AvgIpc) is 3.06. The van der Waals surface area contributed by atoms with Crippen LogP contribution in [0.1, 0.15) is 18.9 Å². The number of amides is 1. The molecule has 0 saturated carbocycles. The molecule has 166 valence electrons. The molecule has 0 spiro atoms. The zero-order valence-corrected chi connectivity index (χ0v) is 17.5. The quantitative estimate of drug-likeness (QED) is 0.545. The van der Waals surface area contributed by atoms with Gasteiger partial charge >= 0.3 is 18.0 Å². The molecule has 8 nitrogen and oxygen atoms in total. The molecule has 1 aliphatic rings. The smallest absolute Gasteiger partial charge is 0.411 e. The molecule has 1 aliphatic heterocycles. The van der Waals surface area contributed by atoms with Crippen molar-refractivity contribution in [2.75, 3.05) is 11.9 Å². The van der Waals surface area contributed by atoms with E-state index in [9.17, 15) is 23.9 Å². The van der Waals surface area contributed by atoms with E-state index in [2.05, 4.69) is 10.3 Å². The van der Waals surface area contributed by atoms with Gasteiger partial charge in [-0.25, -0.2) is 18.8 Å². The summed E-state index contributed by atoms with van der Waals surface area (Å²) in [5.41, 5.74) is -1.98. The summed E-state index contributed by atoms with van der Waals surface area (Å²) in [5.74, 6) is -3.66. The van der Waals surface area contributed by atoms with E-state index in [4.69, 9.17) is 21.4 Å². The summed E-state index contributed by atoms with van der Waals surface area (Å²) in [4.78, 5) is 39.8. The molecule has 1 atom stereocenters. The predicted molar refractivity (Wildman–Crippen MR) is 113 cm³/mol. The van der Waals surface area contributed by atoms with Gasteiger partial charge in [-0.05, 0) is 42.3 Å². The number of carbonyl (C=O) groups excluding carboxylic acids is 1. The Balaban J connectivity index is 2.23. The number of rotatable bonds is 7. The number of aliphatic carboxylic acids is 2. The van der Waals surface area contributed by atoms with Crippen molar-refractivity contribution in [2.24, 2.45) is 4.99 Å². The molecule has 3 rings (SSSR count). The fourth-order valence-corrected chi connectivity index (χ4v) is 3.55. The maximum Gasteiger partial charge on any atom is 0.411 e. The van der Waals surface area contributed by atoms with E-state index in [1.54, 1.807) is 0 Å². The number of benzene rings is 2. The minimum atomic E-state index is -2.18. The molecule has 0 aliphatic carbocycles. The standard InChI is InChI=1S/C22H18ClFN2O6/c1-2-8-32-21(31)25-14-5-3-4-12(9-14)22(20(29)30)16(6-7-18(27)28)15-10-13(23)11-17(24)19(15)26-22/h3-7,9-11H,2,8H2,1H3,(H,25,31)(H,27,28)(H,29,30). The third-order valence-electron chi connectivity index (χ3n) is 4.65. The topological polar surface area (TPSA) is 125 Å². The fraction of sp³-hybridized carbons (Fsp3) is 0.182. The molecule has 2 aromatic carbocycles. The maximum atomic E-state index is 14.6. The minimum Gasteiger partial charge on any atom is -0.479 e. The highest BCUT2D eigenvalue weighted by molar-refractivity contribution is 6.30. The Morgan fingerprint density at radius 3 is 2.66 bits per heavy atom. The summed E-state index contributed by atoms with van der Waals surface area (Å²) < 4.78 is 19.6. The van der Waals surface area contributed by atoms with Crippen LogP contribution in [0.2, 0.25) is 5.02 Å². The molecule has 2 aromatic rings. The number of hydrogen-bond acceptors (Lipinski definition) is 5. The highest BCUT2D eigenvalue weighted by atomic mass is 35.5. The molecular formula is C22H18ClFN2O6. The fourth-order valence-electron chi connectivity index (χ4n) is 3.35. The van der Waals surface area contributed by atoms with Crippen molar-refractivity contribution in [2.45, 2.75) is 18.9 Å². The van der Waals surface area contributed by atoms with Gasteiger partial charge in [0.25, 0.3) is 0 Å². The van der Waals surface area contributed by atoms with Crippen LogP contribution >= 0.6 is 11.6 Å². The van der Waals surface area contributed by atoms with Crippen LogP contribution in [0.3, 0.4) is 0 Å². The molecule has 3 N–H and O–H groups in total. The van der Waals surface area contributed by atoms with Gasteiger partial charge in [0.2, 0.25) is 5.54 Å². The number of anilines is 1. The van der Waals surface area contributed by atoms with Crippen molar-refractivity contribution in [3.8, 4) is 0 Å². The van der Waals surface area contributed by atoms with Gasteiger partial charge in [-0.15, -0.1) is 0 Å². The van der Waals surface area contributed by atoms with Gasteiger partial charge in [0, 0.05) is 27.6 Å². The molecule has 0 bridgehead atoms. The third-order valence-corrected chi connectivity index (χ3v) is 4.87. The summed E-state index contributed by atoms with van der Waals surface area (Å²) in [6.45, 7) is 2.03. The first-order valence-electron chi connectivity index (χ1n) is 9.47. The molecule has 0 aromatic heterocycles. The lowest BCUT2D eigenvalue weighted by Crippen LogP contribution is -2.34. The van der Waals surface area contributed by atoms with Crippen LogP contribution in [0.4, 0.5) is 14.9 Å². The van der Waals surface area contributed by atoms with Crippen LogP contribution in [0.15, 0.2) is 53.5 Å². The van der Waals surface area contributed by atoms with Gasteiger partial charge in [0.1, 0.15) is 5.36 Å². The van der Waals surface area contributed by atoms with E-state index in [0.29, 0.717) is 6.42 Å². The predicted octanol–water partition coefficient (Wildman–Crippen LogP) is 2.84. The van der Waals surface area contributed by atoms with Crippen molar-refractivity contribution < 1.29 is 33.7 Å². The zero-order chi connectivity index (χ0) is 23.5. The van der Waals surface area contributed by atoms with Gasteiger partial charge in [-0.3, -0.25) is 10.3 Å². The van der Waals surface area contributed by atoms with Crippen molar-refractivity contribution >= 4 is 40.9 Å². The van der Waals surface area contributed by atoms with Crippen molar-refractivity contribution in [1.82, 2.24) is 0 Å². The van der Waals surface area contributed by atoms with Crippen LogP contribution in [0, 0.1) is 5.82 Å². The van der Waals surface area contributed by atoms with Gasteiger partial charge in [-0.2, -0.15) is 0 Å². The van der Waals surface area contributed by atoms with Crippen molar-refractivity contribution in [3.63, 3.8) is 0 Å². The number of carbonyl (C=O) groups is 3. The number of halogens is 2. The summed E-state index contributed by atoms with van der Waals surface area (Å²) >= 11 is 5.96. The normalized spacial score (nSPS) is 17.0. The minimum absolute atomic E-state index is 0.00653. The molecule has 1 amide bonds. The lowest BCUT2D eigenvalue weighted by molar-refractivity contribution is -0.141. The highest BCUT2D eigenvalue weighted by Crippen LogP contribution is 2.38. The van der Waals surface area contributed by atoms with Gasteiger partial charge < -0.3 is 14.9 Å². The Morgan fingerprint density at radius 1 is 1.25 bits per heavy atom. The summed E-state index contributed by atoms with van der Waals surface area (Å²) in [5, 5.41) is 21.6. The SMILES string of the molecule is CCCOC(=O)Nc1cccc(C2(C(=O)O)N=c3c(F)cc(Cl)cc3=C2C=CC(=O)O)c1. The number of hydrogen-bond donors (Lipinski definition) is 3. The Bertz CT molecular complexity index is 1260. The molecule has 32 heavy (non-hydrogen) atoms. The Kier molecular flexibility index (Phi) is 6.59. The van der Waals surface area contributed by atoms with Crippen LogP contribution in [-0.4, -0.2) is 34.9 Å². The molecule has 0 saturated heterocycles.